The van der Waals surface area contributed by atoms with E-state index in [0.717, 1.165) is 24.8 Å². The van der Waals surface area contributed by atoms with Gasteiger partial charge in [0.15, 0.2) is 0 Å². The van der Waals surface area contributed by atoms with Crippen LogP contribution in [0.2, 0.25) is 0 Å². The molecule has 2 aliphatic rings. The minimum atomic E-state index is -3.71. The molecule has 0 bridgehead atoms. The quantitative estimate of drug-likeness (QED) is 0.518. The average molecular weight is 516 g/mol. The summed E-state index contributed by atoms with van der Waals surface area (Å²) < 4.78 is 35.6. The van der Waals surface area contributed by atoms with Crippen molar-refractivity contribution in [2.24, 2.45) is 0 Å². The van der Waals surface area contributed by atoms with Gasteiger partial charge in [-0.1, -0.05) is 31.0 Å². The highest BCUT2D eigenvalue weighted by Gasteiger charge is 2.42. The van der Waals surface area contributed by atoms with Crippen molar-refractivity contribution in [1.29, 1.82) is 0 Å². The Morgan fingerprint density at radius 3 is 2.73 bits per heavy atom. The van der Waals surface area contributed by atoms with Gasteiger partial charge < -0.3 is 20.5 Å². The molecule has 2 heterocycles. The van der Waals surface area contributed by atoms with Gasteiger partial charge in [-0.05, 0) is 74.1 Å². The lowest BCUT2D eigenvalue weighted by Crippen LogP contribution is -2.47. The Bertz CT molecular complexity index is 1150. The number of aliphatic hydroxyl groups excluding tert-OH is 1. The molecule has 0 radical (unpaired) electrons. The molecule has 2 unspecified atom stereocenters. The van der Waals surface area contributed by atoms with Crippen molar-refractivity contribution in [2.75, 3.05) is 6.54 Å². The van der Waals surface area contributed by atoms with Crippen LogP contribution in [0.5, 0.6) is 5.75 Å². The van der Waals surface area contributed by atoms with Crippen LogP contribution < -0.4 is 15.4 Å². The lowest BCUT2D eigenvalue weighted by Gasteiger charge is -2.30. The fourth-order valence-electron chi connectivity index (χ4n) is 5.07. The summed E-state index contributed by atoms with van der Waals surface area (Å²) in [6, 6.07) is 8.97. The minimum Gasteiger partial charge on any atom is -0.491 e. The average Bonchev–Trinajstić information content (AvgIpc) is 3.14. The van der Waals surface area contributed by atoms with Gasteiger partial charge in [0.1, 0.15) is 12.0 Å². The minimum absolute atomic E-state index is 0.0830. The largest absolute Gasteiger partial charge is 0.491 e. The normalized spacial score (nSPS) is 20.7. The second-order valence-corrected chi connectivity index (χ2v) is 10.1. The molecule has 0 aromatic heterocycles. The molecular weight excluding hydrogens is 480 g/mol. The van der Waals surface area contributed by atoms with Crippen molar-refractivity contribution < 1.29 is 28.2 Å². The molecule has 3 N–H and O–H groups in total. The van der Waals surface area contributed by atoms with Crippen molar-refractivity contribution in [2.45, 2.75) is 83.8 Å². The Kier molecular flexibility index (Phi) is 8.14. The lowest BCUT2D eigenvalue weighted by molar-refractivity contribution is -0.147. The zero-order valence-electron chi connectivity index (χ0n) is 21.5. The van der Waals surface area contributed by atoms with E-state index in [4.69, 9.17) is 4.74 Å². The van der Waals surface area contributed by atoms with Crippen molar-refractivity contribution in [3.8, 4) is 5.75 Å². The fourth-order valence-corrected chi connectivity index (χ4v) is 5.07. The van der Waals surface area contributed by atoms with Gasteiger partial charge in [-0.15, -0.1) is 0 Å². The van der Waals surface area contributed by atoms with Gasteiger partial charge in [0, 0.05) is 25.2 Å². The third-order valence-corrected chi connectivity index (χ3v) is 6.96. The number of fused-ring (bicyclic) bond motifs is 1. The van der Waals surface area contributed by atoms with Crippen LogP contribution >= 0.6 is 0 Å². The molecule has 200 valence electrons. The molecule has 7 nitrogen and oxygen atoms in total. The summed E-state index contributed by atoms with van der Waals surface area (Å²) in [5, 5.41) is 16.2. The molecule has 9 heteroatoms. The van der Waals surface area contributed by atoms with Crippen LogP contribution in [0.25, 0.3) is 0 Å². The van der Waals surface area contributed by atoms with Crippen LogP contribution in [0, 0.1) is 6.92 Å². The van der Waals surface area contributed by atoms with Crippen molar-refractivity contribution >= 4 is 11.8 Å². The fraction of sp³-hybridized carbons (Fsp3) is 0.500. The summed E-state index contributed by atoms with van der Waals surface area (Å²) >= 11 is 0. The number of halogens is 2. The first-order chi connectivity index (χ1) is 17.6. The van der Waals surface area contributed by atoms with Gasteiger partial charge in [0.25, 0.3) is 5.91 Å². The predicted molar refractivity (Wildman–Crippen MR) is 135 cm³/mol. The molecule has 37 heavy (non-hydrogen) atoms. The van der Waals surface area contributed by atoms with E-state index in [2.05, 4.69) is 10.6 Å². The van der Waals surface area contributed by atoms with Crippen LogP contribution in [0.4, 0.5) is 8.78 Å². The smallest absolute Gasteiger partial charge is 0.350 e. The first-order valence-corrected chi connectivity index (χ1v) is 12.8. The number of carbonyl (C=O) groups is 2. The van der Waals surface area contributed by atoms with Crippen LogP contribution in [0.1, 0.15) is 73.6 Å². The first kappa shape index (κ1) is 27.0. The molecular formula is C28H35F2N3O4. The number of hydrogen-bond donors (Lipinski definition) is 3. The van der Waals surface area contributed by atoms with E-state index in [1.165, 1.54) is 25.1 Å². The van der Waals surface area contributed by atoms with E-state index in [1.807, 2.05) is 13.8 Å². The van der Waals surface area contributed by atoms with Crippen molar-refractivity contribution in [1.82, 2.24) is 15.5 Å². The summed E-state index contributed by atoms with van der Waals surface area (Å²) in [7, 11) is 0. The number of amides is 2. The second kappa shape index (κ2) is 11.1. The van der Waals surface area contributed by atoms with Crippen molar-refractivity contribution in [3.63, 3.8) is 0 Å². The third kappa shape index (κ3) is 5.93. The highest BCUT2D eigenvalue weighted by Crippen LogP contribution is 2.36. The number of nitrogens with zero attached hydrogens (tertiary/aromatic N) is 1. The molecule has 2 aliphatic heterocycles. The van der Waals surface area contributed by atoms with E-state index in [9.17, 15) is 14.7 Å². The molecule has 2 aromatic rings. The number of ether oxygens (including phenoxy) is 1. The van der Waals surface area contributed by atoms with Gasteiger partial charge in [0.2, 0.25) is 5.91 Å². The highest BCUT2D eigenvalue weighted by atomic mass is 19.3. The zero-order chi connectivity index (χ0) is 26.7. The number of rotatable bonds is 7. The second-order valence-electron chi connectivity index (χ2n) is 10.1. The van der Waals surface area contributed by atoms with Crippen LogP contribution in [0.15, 0.2) is 36.4 Å². The molecule has 2 amide bonds. The van der Waals surface area contributed by atoms with E-state index in [-0.39, 0.29) is 29.7 Å². The maximum absolute atomic E-state index is 15.0. The Labute approximate surface area is 216 Å². The number of carbonyl (C=O) groups excluding carboxylic acids is 2. The summed E-state index contributed by atoms with van der Waals surface area (Å²) in [4.78, 5) is 26.9. The Balaban J connectivity index is 1.42. The molecule has 0 saturated carbocycles. The van der Waals surface area contributed by atoms with Crippen LogP contribution in [-0.4, -0.2) is 40.5 Å². The van der Waals surface area contributed by atoms with Crippen LogP contribution in [-0.2, 0) is 28.6 Å². The van der Waals surface area contributed by atoms with E-state index in [0.29, 0.717) is 36.4 Å². The van der Waals surface area contributed by atoms with Gasteiger partial charge in [-0.3, -0.25) is 14.5 Å². The first-order valence-electron chi connectivity index (χ1n) is 12.8. The maximum Gasteiger partial charge on any atom is 0.350 e. The van der Waals surface area contributed by atoms with E-state index >= 15 is 8.78 Å². The summed E-state index contributed by atoms with van der Waals surface area (Å²) in [6.07, 6.45) is 2.55. The molecule has 2 aromatic carbocycles. The van der Waals surface area contributed by atoms with Crippen molar-refractivity contribution in [3.05, 3.63) is 64.2 Å². The zero-order valence-corrected chi connectivity index (χ0v) is 21.5. The molecule has 1 saturated heterocycles. The number of nitrogens with one attached hydrogen (secondary N) is 2. The lowest BCUT2D eigenvalue weighted by atomic mass is 10.0. The monoisotopic (exact) mass is 515 g/mol. The Hall–Kier alpha value is -3.04. The maximum atomic E-state index is 15.0. The van der Waals surface area contributed by atoms with E-state index < -0.39 is 24.1 Å². The SMILES string of the molecule is Cc1cc(OC(C)C)ccc1C(F)(F)C(=O)NCc1ccc2c(c1)CN(C1CCCCCNC1=O)C2O. The Morgan fingerprint density at radius 2 is 2.00 bits per heavy atom. The molecule has 0 aliphatic carbocycles. The summed E-state index contributed by atoms with van der Waals surface area (Å²) in [6.45, 7) is 6.13. The standard InChI is InChI=1S/C28H35F2N3O4/c1-17(2)37-21-9-11-23(18(3)13-21)28(29,30)27(36)32-15-19-8-10-22-20(14-19)16-33(26(22)35)24-7-5-4-6-12-31-25(24)34/h8-11,13-14,17,24,26,35H,4-7,12,15-16H2,1-3H3,(H,31,34)(H,32,36). The molecule has 4 rings (SSSR count). The summed E-state index contributed by atoms with van der Waals surface area (Å²) in [5.41, 5.74) is 2.04. The number of hydrogen-bond acceptors (Lipinski definition) is 5. The molecule has 2 atom stereocenters. The van der Waals surface area contributed by atoms with Crippen LogP contribution in [0.3, 0.4) is 0 Å². The third-order valence-electron chi connectivity index (χ3n) is 6.96. The number of aryl methyl sites for hydroxylation is 1. The highest BCUT2D eigenvalue weighted by molar-refractivity contribution is 5.85. The predicted octanol–water partition coefficient (Wildman–Crippen LogP) is 4.06. The Morgan fingerprint density at radius 1 is 1.22 bits per heavy atom. The molecule has 1 fully saturated rings. The number of alkyl halides is 2. The van der Waals surface area contributed by atoms with Gasteiger partial charge >= 0.3 is 5.92 Å². The number of benzene rings is 2. The topological polar surface area (TPSA) is 90.9 Å². The summed E-state index contributed by atoms with van der Waals surface area (Å²) in [5.74, 6) is -4.71. The van der Waals surface area contributed by atoms with Gasteiger partial charge in [0.05, 0.1) is 12.1 Å². The van der Waals surface area contributed by atoms with Gasteiger partial charge in [-0.2, -0.15) is 8.78 Å². The molecule has 0 spiro atoms. The van der Waals surface area contributed by atoms with E-state index in [1.54, 1.807) is 23.1 Å². The van der Waals surface area contributed by atoms with Gasteiger partial charge in [-0.25, -0.2) is 0 Å². The number of aliphatic hydroxyl groups is 1.